The zero-order valence-corrected chi connectivity index (χ0v) is 10.6. The van der Waals surface area contributed by atoms with E-state index in [4.69, 9.17) is 5.84 Å². The van der Waals surface area contributed by atoms with Crippen molar-refractivity contribution in [3.8, 4) is 5.82 Å². The number of nitrogens with one attached hydrogen (secondary N) is 1. The van der Waals surface area contributed by atoms with Gasteiger partial charge in [-0.15, -0.1) is 0 Å². The normalized spacial score (nSPS) is 11.7. The third-order valence-corrected chi connectivity index (χ3v) is 2.53. The molecule has 0 saturated carbocycles. The average molecular weight is 286 g/mol. The molecule has 0 aliphatic rings. The Kier molecular flexibility index (Phi) is 3.89. The van der Waals surface area contributed by atoms with Crippen molar-refractivity contribution in [1.82, 2.24) is 19.7 Å². The van der Waals surface area contributed by atoms with E-state index in [1.54, 1.807) is 0 Å². The Hall–Kier alpha value is -2.16. The maximum atomic E-state index is 12.5. The molecule has 0 bridgehead atoms. The van der Waals surface area contributed by atoms with Crippen molar-refractivity contribution >= 4 is 5.82 Å². The van der Waals surface area contributed by atoms with E-state index < -0.39 is 11.7 Å². The molecule has 2 aromatic heterocycles. The molecule has 108 valence electrons. The highest BCUT2D eigenvalue weighted by atomic mass is 19.4. The van der Waals surface area contributed by atoms with Crippen LogP contribution in [0.4, 0.5) is 19.0 Å². The van der Waals surface area contributed by atoms with Gasteiger partial charge in [-0.1, -0.05) is 6.92 Å². The van der Waals surface area contributed by atoms with Gasteiger partial charge in [0.05, 0.1) is 11.8 Å². The van der Waals surface area contributed by atoms with Crippen LogP contribution in [-0.4, -0.2) is 19.7 Å². The summed E-state index contributed by atoms with van der Waals surface area (Å²) in [4.78, 5) is 8.28. The molecule has 0 amide bonds. The number of nitrogens with zero attached hydrogens (tertiary/aromatic N) is 4. The largest absolute Gasteiger partial charge is 0.419 e. The molecule has 0 radical (unpaired) electrons. The number of anilines is 1. The standard InChI is InChI=1S/C11H13F3N6/c1-2-3-8-17-9(19-15)4-10(18-8)20-6-7(5-16-20)11(12,13)14/h4-6H,2-3,15H2,1H3,(H,17,18,19). The lowest BCUT2D eigenvalue weighted by Crippen LogP contribution is -2.12. The van der Waals surface area contributed by atoms with E-state index in [2.05, 4.69) is 20.5 Å². The van der Waals surface area contributed by atoms with E-state index in [9.17, 15) is 13.2 Å². The molecule has 0 aliphatic carbocycles. The number of rotatable bonds is 4. The molecule has 6 nitrogen and oxygen atoms in total. The fourth-order valence-corrected chi connectivity index (χ4v) is 1.60. The molecule has 0 spiro atoms. The third-order valence-electron chi connectivity index (χ3n) is 2.53. The van der Waals surface area contributed by atoms with Gasteiger partial charge in [-0.05, 0) is 6.42 Å². The second kappa shape index (κ2) is 5.45. The first-order valence-corrected chi connectivity index (χ1v) is 5.91. The number of alkyl halides is 3. The predicted octanol–water partition coefficient (Wildman–Crippen LogP) is 1.92. The monoisotopic (exact) mass is 286 g/mol. The van der Waals surface area contributed by atoms with Crippen LogP contribution in [0, 0.1) is 0 Å². The lowest BCUT2D eigenvalue weighted by Gasteiger charge is -2.07. The third kappa shape index (κ3) is 3.05. The Bertz CT molecular complexity index is 592. The minimum atomic E-state index is -4.44. The van der Waals surface area contributed by atoms with Gasteiger partial charge in [0.1, 0.15) is 11.6 Å². The summed E-state index contributed by atoms with van der Waals surface area (Å²) in [6.07, 6.45) is -1.42. The zero-order chi connectivity index (χ0) is 14.8. The minimum Gasteiger partial charge on any atom is -0.308 e. The van der Waals surface area contributed by atoms with Crippen LogP contribution in [0.15, 0.2) is 18.5 Å². The summed E-state index contributed by atoms with van der Waals surface area (Å²) >= 11 is 0. The second-order valence-electron chi connectivity index (χ2n) is 4.09. The van der Waals surface area contributed by atoms with Gasteiger partial charge >= 0.3 is 6.18 Å². The van der Waals surface area contributed by atoms with E-state index >= 15 is 0 Å². The number of hydrogen-bond acceptors (Lipinski definition) is 5. The molecular formula is C11H13F3N6. The Morgan fingerprint density at radius 3 is 2.65 bits per heavy atom. The molecule has 3 N–H and O–H groups in total. The lowest BCUT2D eigenvalue weighted by atomic mass is 10.3. The highest BCUT2D eigenvalue weighted by Gasteiger charge is 2.32. The molecule has 0 fully saturated rings. The molecule has 2 aromatic rings. The average Bonchev–Trinajstić information content (AvgIpc) is 2.88. The topological polar surface area (TPSA) is 81.6 Å². The summed E-state index contributed by atoms with van der Waals surface area (Å²) in [7, 11) is 0. The molecule has 0 aliphatic heterocycles. The Morgan fingerprint density at radius 2 is 2.10 bits per heavy atom. The van der Waals surface area contributed by atoms with E-state index in [-0.39, 0.29) is 5.82 Å². The van der Waals surface area contributed by atoms with Crippen molar-refractivity contribution in [3.05, 3.63) is 29.8 Å². The second-order valence-corrected chi connectivity index (χ2v) is 4.09. The molecule has 9 heteroatoms. The van der Waals surface area contributed by atoms with Crippen LogP contribution < -0.4 is 11.3 Å². The van der Waals surface area contributed by atoms with Gasteiger partial charge in [0, 0.05) is 18.7 Å². The van der Waals surface area contributed by atoms with Crippen molar-refractivity contribution in [2.75, 3.05) is 5.43 Å². The molecule has 0 aromatic carbocycles. The molecule has 2 rings (SSSR count). The Labute approximate surface area is 112 Å². The van der Waals surface area contributed by atoms with E-state index in [0.29, 0.717) is 18.1 Å². The van der Waals surface area contributed by atoms with Gasteiger partial charge in [-0.3, -0.25) is 0 Å². The summed E-state index contributed by atoms with van der Waals surface area (Å²) < 4.78 is 38.7. The first-order chi connectivity index (χ1) is 9.44. The number of aryl methyl sites for hydroxylation is 1. The van der Waals surface area contributed by atoms with Crippen molar-refractivity contribution in [1.29, 1.82) is 0 Å². The summed E-state index contributed by atoms with van der Waals surface area (Å²) in [5.41, 5.74) is 1.52. The maximum absolute atomic E-state index is 12.5. The van der Waals surface area contributed by atoms with Crippen LogP contribution in [0.1, 0.15) is 24.7 Å². The van der Waals surface area contributed by atoms with Crippen LogP contribution in [0.25, 0.3) is 5.82 Å². The van der Waals surface area contributed by atoms with Gasteiger partial charge in [0.25, 0.3) is 0 Å². The van der Waals surface area contributed by atoms with Crippen molar-refractivity contribution in [2.24, 2.45) is 5.84 Å². The first-order valence-electron chi connectivity index (χ1n) is 5.91. The van der Waals surface area contributed by atoms with Crippen LogP contribution in [-0.2, 0) is 12.6 Å². The van der Waals surface area contributed by atoms with Crippen LogP contribution in [0.3, 0.4) is 0 Å². The smallest absolute Gasteiger partial charge is 0.308 e. The summed E-state index contributed by atoms with van der Waals surface area (Å²) in [6, 6.07) is 1.42. The fourth-order valence-electron chi connectivity index (χ4n) is 1.60. The number of nitrogens with two attached hydrogens (primary N) is 1. The minimum absolute atomic E-state index is 0.229. The van der Waals surface area contributed by atoms with Crippen LogP contribution in [0.2, 0.25) is 0 Å². The number of nitrogen functional groups attached to an aromatic ring is 1. The highest BCUT2D eigenvalue weighted by Crippen LogP contribution is 2.29. The van der Waals surface area contributed by atoms with Gasteiger partial charge < -0.3 is 5.43 Å². The number of aromatic nitrogens is 4. The molecule has 2 heterocycles. The fraction of sp³-hybridized carbons (Fsp3) is 0.364. The van der Waals surface area contributed by atoms with Gasteiger partial charge in [-0.2, -0.15) is 18.3 Å². The maximum Gasteiger partial charge on any atom is 0.419 e. The molecular weight excluding hydrogens is 273 g/mol. The summed E-state index contributed by atoms with van der Waals surface area (Å²) in [5.74, 6) is 6.32. The zero-order valence-electron chi connectivity index (χ0n) is 10.6. The van der Waals surface area contributed by atoms with Gasteiger partial charge in [0.15, 0.2) is 5.82 Å². The number of hydrazine groups is 1. The number of halogens is 3. The number of hydrogen-bond donors (Lipinski definition) is 2. The Morgan fingerprint density at radius 1 is 1.35 bits per heavy atom. The van der Waals surface area contributed by atoms with Crippen LogP contribution >= 0.6 is 0 Å². The summed E-state index contributed by atoms with van der Waals surface area (Å²) in [6.45, 7) is 1.95. The molecule has 0 unspecified atom stereocenters. The SMILES string of the molecule is CCCc1nc(NN)cc(-n2cc(C(F)(F)F)cn2)n1. The Balaban J connectivity index is 2.41. The van der Waals surface area contributed by atoms with Gasteiger partial charge in [0.2, 0.25) is 0 Å². The van der Waals surface area contributed by atoms with Crippen molar-refractivity contribution < 1.29 is 13.2 Å². The van der Waals surface area contributed by atoms with Crippen molar-refractivity contribution in [3.63, 3.8) is 0 Å². The van der Waals surface area contributed by atoms with E-state index in [1.165, 1.54) is 6.07 Å². The molecule has 0 atom stereocenters. The van der Waals surface area contributed by atoms with Gasteiger partial charge in [-0.25, -0.2) is 20.5 Å². The quantitative estimate of drug-likeness (QED) is 0.663. The highest BCUT2D eigenvalue weighted by molar-refractivity contribution is 5.40. The lowest BCUT2D eigenvalue weighted by molar-refractivity contribution is -0.137. The van der Waals surface area contributed by atoms with Crippen LogP contribution in [0.5, 0.6) is 0 Å². The van der Waals surface area contributed by atoms with E-state index in [1.807, 2.05) is 6.92 Å². The first kappa shape index (κ1) is 14.3. The van der Waals surface area contributed by atoms with Crippen molar-refractivity contribution in [2.45, 2.75) is 25.9 Å². The molecule has 0 saturated heterocycles. The predicted molar refractivity (Wildman–Crippen MR) is 66.0 cm³/mol. The molecule has 20 heavy (non-hydrogen) atoms. The summed E-state index contributed by atoms with van der Waals surface area (Å²) in [5, 5.41) is 3.67. The van der Waals surface area contributed by atoms with E-state index in [0.717, 1.165) is 23.5 Å².